The summed E-state index contributed by atoms with van der Waals surface area (Å²) in [5.74, 6) is -0.703. The van der Waals surface area contributed by atoms with Crippen LogP contribution in [0.5, 0.6) is 0 Å². The van der Waals surface area contributed by atoms with Crippen molar-refractivity contribution in [1.29, 1.82) is 0 Å². The number of rotatable bonds is 1. The van der Waals surface area contributed by atoms with Crippen LogP contribution >= 0.6 is 23.8 Å². The third-order valence-corrected chi connectivity index (χ3v) is 2.93. The number of aromatic nitrogens is 3. The molecule has 1 aromatic heterocycles. The molecule has 96 valence electrons. The first-order chi connectivity index (χ1) is 8.93. The van der Waals surface area contributed by atoms with Crippen molar-refractivity contribution >= 4 is 29.5 Å². The van der Waals surface area contributed by atoms with E-state index in [1.807, 2.05) is 0 Å². The van der Waals surface area contributed by atoms with E-state index in [0.717, 1.165) is 10.7 Å². The molecule has 1 heterocycles. The van der Waals surface area contributed by atoms with Crippen LogP contribution in [0.4, 0.5) is 10.1 Å². The van der Waals surface area contributed by atoms with Crippen molar-refractivity contribution in [3.63, 3.8) is 0 Å². The molecule has 0 saturated carbocycles. The number of H-pyrrole nitrogens is 1. The number of hydrogen-bond acceptors (Lipinski definition) is 3. The fourth-order valence-corrected chi connectivity index (χ4v) is 1.85. The molecule has 0 aliphatic carbocycles. The molecule has 0 atom stereocenters. The molecule has 8 heteroatoms. The Morgan fingerprint density at radius 2 is 2.26 bits per heavy atom. The topological polar surface area (TPSA) is 55.0 Å². The van der Waals surface area contributed by atoms with Crippen molar-refractivity contribution < 1.29 is 4.39 Å². The molecule has 0 aliphatic heterocycles. The molecular weight excluding hydrogens is 291 g/mol. The zero-order chi connectivity index (χ0) is 14.2. The predicted octanol–water partition coefficient (Wildman–Crippen LogP) is 2.94. The van der Waals surface area contributed by atoms with Gasteiger partial charge in [-0.2, -0.15) is 5.10 Å². The van der Waals surface area contributed by atoms with Gasteiger partial charge < -0.3 is 0 Å². The smallest absolute Gasteiger partial charge is 0.273 e. The van der Waals surface area contributed by atoms with Gasteiger partial charge in [-0.3, -0.25) is 9.78 Å². The highest BCUT2D eigenvalue weighted by molar-refractivity contribution is 7.71. The fourth-order valence-electron chi connectivity index (χ4n) is 1.42. The van der Waals surface area contributed by atoms with Gasteiger partial charge in [0.25, 0.3) is 5.56 Å². The maximum absolute atomic E-state index is 13.9. The minimum absolute atomic E-state index is 0.00409. The molecule has 1 N–H and O–H groups in total. The molecule has 2 rings (SSSR count). The molecular formula is C11H6ClFN4OS. The zero-order valence-corrected chi connectivity index (χ0v) is 11.1. The van der Waals surface area contributed by atoms with E-state index < -0.39 is 11.4 Å². The van der Waals surface area contributed by atoms with Gasteiger partial charge in [0.05, 0.1) is 6.57 Å². The SMILES string of the molecule is [C-]#[N+]c1cc(F)c(-n2nc(C)c(=O)[nH]c2=S)cc1Cl. The summed E-state index contributed by atoms with van der Waals surface area (Å²) in [6.45, 7) is 8.31. The van der Waals surface area contributed by atoms with Gasteiger partial charge in [0.1, 0.15) is 17.2 Å². The van der Waals surface area contributed by atoms with E-state index in [1.54, 1.807) is 0 Å². The van der Waals surface area contributed by atoms with E-state index in [0.29, 0.717) is 0 Å². The van der Waals surface area contributed by atoms with E-state index in [4.69, 9.17) is 30.4 Å². The number of aryl methyl sites for hydroxylation is 1. The molecule has 1 aromatic carbocycles. The van der Waals surface area contributed by atoms with Gasteiger partial charge in [0.15, 0.2) is 0 Å². The van der Waals surface area contributed by atoms with Crippen LogP contribution in [0.3, 0.4) is 0 Å². The first kappa shape index (κ1) is 13.4. The van der Waals surface area contributed by atoms with E-state index in [2.05, 4.69) is 14.9 Å². The standard InChI is InChI=1S/C11H6ClFN4OS/c1-5-10(18)15-11(19)17(16-5)9-3-6(12)8(14-2)4-7(9)13/h3-4H,1H3,(H,15,18,19). The summed E-state index contributed by atoms with van der Waals surface area (Å²) >= 11 is 10.8. The summed E-state index contributed by atoms with van der Waals surface area (Å²) in [5.41, 5.74) is -0.332. The molecule has 0 spiro atoms. The monoisotopic (exact) mass is 296 g/mol. The van der Waals surface area contributed by atoms with Crippen LogP contribution in [0, 0.1) is 24.1 Å². The summed E-state index contributed by atoms with van der Waals surface area (Å²) in [7, 11) is 0. The average molecular weight is 297 g/mol. The van der Waals surface area contributed by atoms with Crippen LogP contribution in [-0.4, -0.2) is 14.8 Å². The summed E-state index contributed by atoms with van der Waals surface area (Å²) < 4.78 is 14.9. The number of aromatic amines is 1. The highest BCUT2D eigenvalue weighted by Gasteiger charge is 2.12. The molecule has 0 unspecified atom stereocenters. The highest BCUT2D eigenvalue weighted by atomic mass is 35.5. The van der Waals surface area contributed by atoms with E-state index in [-0.39, 0.29) is 26.9 Å². The lowest BCUT2D eigenvalue weighted by Gasteiger charge is -2.08. The Kier molecular flexibility index (Phi) is 3.46. The summed E-state index contributed by atoms with van der Waals surface area (Å²) in [4.78, 5) is 16.8. The van der Waals surface area contributed by atoms with Crippen LogP contribution in [-0.2, 0) is 0 Å². The van der Waals surface area contributed by atoms with Crippen LogP contribution in [0.15, 0.2) is 16.9 Å². The quantitative estimate of drug-likeness (QED) is 0.650. The van der Waals surface area contributed by atoms with Crippen molar-refractivity contribution in [3.8, 4) is 5.69 Å². The highest BCUT2D eigenvalue weighted by Crippen LogP contribution is 2.29. The number of benzene rings is 1. The van der Waals surface area contributed by atoms with Gasteiger partial charge in [0, 0.05) is 5.02 Å². The van der Waals surface area contributed by atoms with Gasteiger partial charge in [-0.1, -0.05) is 11.6 Å². The summed E-state index contributed by atoms with van der Waals surface area (Å²) in [5, 5.41) is 3.97. The second kappa shape index (κ2) is 4.91. The summed E-state index contributed by atoms with van der Waals surface area (Å²) in [6.07, 6.45) is 0. The lowest BCUT2D eigenvalue weighted by atomic mass is 10.2. The van der Waals surface area contributed by atoms with Crippen molar-refractivity contribution in [2.75, 3.05) is 0 Å². The Morgan fingerprint density at radius 1 is 1.58 bits per heavy atom. The third kappa shape index (κ3) is 2.41. The first-order valence-electron chi connectivity index (χ1n) is 5.01. The average Bonchev–Trinajstić information content (AvgIpc) is 2.36. The Labute approximate surface area is 117 Å². The van der Waals surface area contributed by atoms with E-state index in [9.17, 15) is 9.18 Å². The molecule has 0 aliphatic rings. The Hall–Kier alpha value is -2.04. The Morgan fingerprint density at radius 3 is 2.89 bits per heavy atom. The second-order valence-electron chi connectivity index (χ2n) is 3.62. The fraction of sp³-hybridized carbons (Fsp3) is 0.0909. The maximum Gasteiger partial charge on any atom is 0.273 e. The van der Waals surface area contributed by atoms with E-state index >= 15 is 0 Å². The van der Waals surface area contributed by atoms with Gasteiger partial charge in [-0.15, -0.1) is 0 Å². The van der Waals surface area contributed by atoms with Crippen LogP contribution in [0.2, 0.25) is 5.02 Å². The molecule has 0 saturated heterocycles. The Balaban J connectivity index is 2.77. The molecule has 2 aromatic rings. The van der Waals surface area contributed by atoms with Crippen molar-refractivity contribution in [3.05, 3.63) is 55.2 Å². The molecule has 0 bridgehead atoms. The van der Waals surface area contributed by atoms with Gasteiger partial charge in [-0.25, -0.2) is 13.9 Å². The molecule has 5 nitrogen and oxygen atoms in total. The third-order valence-electron chi connectivity index (χ3n) is 2.36. The molecule has 0 radical (unpaired) electrons. The van der Waals surface area contributed by atoms with Crippen molar-refractivity contribution in [1.82, 2.24) is 14.8 Å². The Bertz CT molecular complexity index is 821. The molecule has 0 fully saturated rings. The predicted molar refractivity (Wildman–Crippen MR) is 71.0 cm³/mol. The van der Waals surface area contributed by atoms with Crippen LogP contribution in [0.1, 0.15) is 5.69 Å². The van der Waals surface area contributed by atoms with Crippen molar-refractivity contribution in [2.24, 2.45) is 0 Å². The minimum Gasteiger partial charge on any atom is -0.296 e. The molecule has 19 heavy (non-hydrogen) atoms. The maximum atomic E-state index is 13.9. The van der Waals surface area contributed by atoms with Gasteiger partial charge >= 0.3 is 0 Å². The van der Waals surface area contributed by atoms with Crippen LogP contribution < -0.4 is 5.56 Å². The summed E-state index contributed by atoms with van der Waals surface area (Å²) in [6, 6.07) is 2.24. The lowest BCUT2D eigenvalue weighted by molar-refractivity contribution is 0.602. The lowest BCUT2D eigenvalue weighted by Crippen LogP contribution is -2.19. The number of nitrogens with one attached hydrogen (secondary N) is 1. The van der Waals surface area contributed by atoms with Gasteiger partial charge in [0.2, 0.25) is 10.5 Å². The van der Waals surface area contributed by atoms with Gasteiger partial charge in [-0.05, 0) is 31.3 Å². The zero-order valence-electron chi connectivity index (χ0n) is 9.57. The minimum atomic E-state index is -0.703. The number of halogens is 2. The van der Waals surface area contributed by atoms with Crippen LogP contribution in [0.25, 0.3) is 10.5 Å². The van der Waals surface area contributed by atoms with E-state index in [1.165, 1.54) is 13.0 Å². The molecule has 0 amide bonds. The number of nitrogens with zero attached hydrogens (tertiary/aromatic N) is 3. The largest absolute Gasteiger partial charge is 0.296 e. The first-order valence-corrected chi connectivity index (χ1v) is 5.80. The normalized spacial score (nSPS) is 10.2. The van der Waals surface area contributed by atoms with Crippen molar-refractivity contribution in [2.45, 2.75) is 6.92 Å². The number of hydrogen-bond donors (Lipinski definition) is 1. The second-order valence-corrected chi connectivity index (χ2v) is 4.42.